The fourth-order valence-electron chi connectivity index (χ4n) is 5.20. The van der Waals surface area contributed by atoms with Crippen LogP contribution in [-0.4, -0.2) is 16.5 Å². The summed E-state index contributed by atoms with van der Waals surface area (Å²) in [7, 11) is 0. The zero-order valence-corrected chi connectivity index (χ0v) is 22.9. The average Bonchev–Trinajstić information content (AvgIpc) is 2.58. The van der Waals surface area contributed by atoms with Crippen LogP contribution in [0.4, 0.5) is 0 Å². The standard InChI is InChI=1S/C26H54OS/c1-16-18(2)19(3)20(4)22(7,8)26(15,27)25(13,14)24(11,12)23(9,10)21(5,6)17-28/h18-20,27-28H,16-17H2,1-15H3. The molecule has 0 radical (unpaired) electrons. The van der Waals surface area contributed by atoms with E-state index in [1.54, 1.807) is 0 Å². The number of thiol groups is 1. The van der Waals surface area contributed by atoms with Gasteiger partial charge in [-0.05, 0) is 57.5 Å². The lowest BCUT2D eigenvalue weighted by Gasteiger charge is -2.66. The van der Waals surface area contributed by atoms with Crippen LogP contribution in [0.15, 0.2) is 0 Å². The van der Waals surface area contributed by atoms with Crippen LogP contribution >= 0.6 is 12.6 Å². The molecule has 0 aliphatic heterocycles. The third-order valence-corrected chi connectivity index (χ3v) is 11.9. The van der Waals surface area contributed by atoms with Gasteiger partial charge < -0.3 is 5.11 Å². The first-order chi connectivity index (χ1) is 12.1. The van der Waals surface area contributed by atoms with E-state index in [-0.39, 0.29) is 27.1 Å². The Bertz CT molecular complexity index is 511. The molecule has 0 fully saturated rings. The Morgan fingerprint density at radius 2 is 1.11 bits per heavy atom. The number of hydrogen-bond donors (Lipinski definition) is 2. The maximum atomic E-state index is 12.3. The van der Waals surface area contributed by atoms with Gasteiger partial charge in [-0.15, -0.1) is 0 Å². The summed E-state index contributed by atoms with van der Waals surface area (Å²) in [5.74, 6) is 2.45. The SMILES string of the molecule is CCC(C)C(C)C(C)C(C)(C)C(C)(O)C(C)(C)C(C)(C)C(C)(C)C(C)(C)CS. The van der Waals surface area contributed by atoms with Crippen molar-refractivity contribution in [1.82, 2.24) is 0 Å². The summed E-state index contributed by atoms with van der Waals surface area (Å²) in [5.41, 5.74) is -1.46. The van der Waals surface area contributed by atoms with E-state index >= 15 is 0 Å². The van der Waals surface area contributed by atoms with Crippen LogP contribution in [0, 0.1) is 44.8 Å². The quantitative estimate of drug-likeness (QED) is 0.346. The van der Waals surface area contributed by atoms with Crippen molar-refractivity contribution in [3.05, 3.63) is 0 Å². The molecule has 4 atom stereocenters. The second kappa shape index (κ2) is 8.45. The Balaban J connectivity index is 6.37. The molecule has 170 valence electrons. The Kier molecular flexibility index (Phi) is 8.54. The van der Waals surface area contributed by atoms with Crippen LogP contribution in [0.1, 0.15) is 110 Å². The molecule has 0 amide bonds. The largest absolute Gasteiger partial charge is 0.389 e. The van der Waals surface area contributed by atoms with Crippen molar-refractivity contribution in [2.75, 3.05) is 5.75 Å². The molecule has 4 unspecified atom stereocenters. The molecular formula is C26H54OS. The van der Waals surface area contributed by atoms with Crippen LogP contribution in [0.2, 0.25) is 0 Å². The Morgan fingerprint density at radius 3 is 1.43 bits per heavy atom. The minimum Gasteiger partial charge on any atom is -0.389 e. The minimum absolute atomic E-state index is 0.0170. The van der Waals surface area contributed by atoms with Crippen LogP contribution in [-0.2, 0) is 0 Å². The molecule has 0 heterocycles. The highest BCUT2D eigenvalue weighted by molar-refractivity contribution is 7.80. The summed E-state index contributed by atoms with van der Waals surface area (Å²) in [6.07, 6.45) is 1.18. The van der Waals surface area contributed by atoms with Gasteiger partial charge in [-0.2, -0.15) is 12.6 Å². The first-order valence-electron chi connectivity index (χ1n) is 11.4. The van der Waals surface area contributed by atoms with Crippen LogP contribution < -0.4 is 0 Å². The molecule has 0 saturated heterocycles. The van der Waals surface area contributed by atoms with E-state index in [1.807, 2.05) is 0 Å². The summed E-state index contributed by atoms with van der Waals surface area (Å²) in [5, 5.41) is 12.3. The zero-order chi connectivity index (χ0) is 23.1. The van der Waals surface area contributed by atoms with Gasteiger partial charge in [0.25, 0.3) is 0 Å². The molecule has 0 aliphatic carbocycles. The summed E-state index contributed by atoms with van der Waals surface area (Å²) < 4.78 is 0. The van der Waals surface area contributed by atoms with E-state index in [2.05, 4.69) is 116 Å². The first-order valence-corrected chi connectivity index (χ1v) is 12.1. The highest BCUT2D eigenvalue weighted by Gasteiger charge is 2.63. The van der Waals surface area contributed by atoms with Crippen molar-refractivity contribution in [2.45, 2.75) is 116 Å². The van der Waals surface area contributed by atoms with E-state index in [0.29, 0.717) is 17.8 Å². The second-order valence-corrected chi connectivity index (χ2v) is 13.1. The normalized spacial score (nSPS) is 20.5. The van der Waals surface area contributed by atoms with Gasteiger partial charge in [-0.3, -0.25) is 0 Å². The molecule has 0 aliphatic rings. The van der Waals surface area contributed by atoms with Crippen molar-refractivity contribution in [2.24, 2.45) is 44.8 Å². The average molecular weight is 415 g/mol. The smallest absolute Gasteiger partial charge is 0.0728 e. The molecule has 0 aromatic heterocycles. The van der Waals surface area contributed by atoms with Gasteiger partial charge in [0.2, 0.25) is 0 Å². The van der Waals surface area contributed by atoms with Crippen LogP contribution in [0.3, 0.4) is 0 Å². The molecule has 0 rings (SSSR count). The lowest BCUT2D eigenvalue weighted by atomic mass is 9.41. The molecular weight excluding hydrogens is 360 g/mol. The summed E-state index contributed by atoms with van der Waals surface area (Å²) in [4.78, 5) is 0. The fraction of sp³-hybridized carbons (Fsp3) is 1.00. The molecule has 1 N–H and O–H groups in total. The van der Waals surface area contributed by atoms with E-state index in [9.17, 15) is 5.11 Å². The van der Waals surface area contributed by atoms with Crippen molar-refractivity contribution in [3.63, 3.8) is 0 Å². The van der Waals surface area contributed by atoms with Gasteiger partial charge in [0, 0.05) is 0 Å². The van der Waals surface area contributed by atoms with Gasteiger partial charge in [0.05, 0.1) is 5.60 Å². The highest BCUT2D eigenvalue weighted by atomic mass is 32.1. The maximum absolute atomic E-state index is 12.3. The van der Waals surface area contributed by atoms with Crippen LogP contribution in [0.5, 0.6) is 0 Å². The lowest BCUT2D eigenvalue weighted by molar-refractivity contribution is -0.233. The van der Waals surface area contributed by atoms with Gasteiger partial charge in [-0.25, -0.2) is 0 Å². The molecule has 0 aromatic rings. The van der Waals surface area contributed by atoms with Gasteiger partial charge in [-0.1, -0.05) is 103 Å². The summed E-state index contributed by atoms with van der Waals surface area (Å²) in [6.45, 7) is 34.6. The lowest BCUT2D eigenvalue weighted by Crippen LogP contribution is -2.65. The number of aliphatic hydroxyl groups is 1. The molecule has 1 nitrogen and oxygen atoms in total. The predicted molar refractivity (Wildman–Crippen MR) is 131 cm³/mol. The zero-order valence-electron chi connectivity index (χ0n) is 22.0. The predicted octanol–water partition coefficient (Wildman–Crippen LogP) is 8.12. The molecule has 0 saturated carbocycles. The number of rotatable bonds is 10. The maximum Gasteiger partial charge on any atom is 0.0728 e. The number of hydrogen-bond acceptors (Lipinski definition) is 2. The van der Waals surface area contributed by atoms with E-state index < -0.39 is 5.60 Å². The molecule has 0 spiro atoms. The minimum atomic E-state index is -0.839. The van der Waals surface area contributed by atoms with Crippen molar-refractivity contribution in [1.29, 1.82) is 0 Å². The molecule has 2 heteroatoms. The second-order valence-electron chi connectivity index (χ2n) is 12.7. The van der Waals surface area contributed by atoms with Crippen molar-refractivity contribution in [3.8, 4) is 0 Å². The van der Waals surface area contributed by atoms with Crippen LogP contribution in [0.25, 0.3) is 0 Å². The third-order valence-electron chi connectivity index (χ3n) is 11.2. The molecule has 0 bridgehead atoms. The highest BCUT2D eigenvalue weighted by Crippen LogP contribution is 2.65. The fourth-order valence-corrected chi connectivity index (χ4v) is 5.60. The monoisotopic (exact) mass is 414 g/mol. The van der Waals surface area contributed by atoms with Gasteiger partial charge >= 0.3 is 0 Å². The Labute approximate surface area is 184 Å². The van der Waals surface area contributed by atoms with Crippen molar-refractivity contribution >= 4 is 12.6 Å². The van der Waals surface area contributed by atoms with Gasteiger partial charge in [0.15, 0.2) is 0 Å². The molecule has 0 aromatic carbocycles. The van der Waals surface area contributed by atoms with E-state index in [1.165, 1.54) is 6.42 Å². The third kappa shape index (κ3) is 4.08. The van der Waals surface area contributed by atoms with E-state index in [0.717, 1.165) is 5.75 Å². The topological polar surface area (TPSA) is 20.2 Å². The Hall–Kier alpha value is 0.310. The van der Waals surface area contributed by atoms with E-state index in [4.69, 9.17) is 0 Å². The summed E-state index contributed by atoms with van der Waals surface area (Å²) >= 11 is 4.68. The molecule has 28 heavy (non-hydrogen) atoms. The summed E-state index contributed by atoms with van der Waals surface area (Å²) in [6, 6.07) is 0. The van der Waals surface area contributed by atoms with Gasteiger partial charge in [0.1, 0.15) is 0 Å². The Morgan fingerprint density at radius 1 is 0.714 bits per heavy atom. The van der Waals surface area contributed by atoms with Crippen molar-refractivity contribution < 1.29 is 5.11 Å². The first kappa shape index (κ1) is 28.3.